The minimum atomic E-state index is -1.11. The maximum Gasteiger partial charge on any atom is 0.375 e. The molecule has 0 radical (unpaired) electrons. The Morgan fingerprint density at radius 3 is 2.41 bits per heavy atom. The number of methoxy groups -OCH3 is 2. The van der Waals surface area contributed by atoms with Crippen molar-refractivity contribution < 1.29 is 28.7 Å². The van der Waals surface area contributed by atoms with Crippen LogP contribution in [0.1, 0.15) is 44.9 Å². The van der Waals surface area contributed by atoms with E-state index < -0.39 is 23.6 Å². The van der Waals surface area contributed by atoms with Gasteiger partial charge in [0.05, 0.1) is 14.2 Å². The number of esters is 2. The van der Waals surface area contributed by atoms with Crippen molar-refractivity contribution in [3.05, 3.63) is 11.6 Å². The van der Waals surface area contributed by atoms with Crippen molar-refractivity contribution in [3.8, 4) is 0 Å². The number of rotatable bonds is 9. The maximum atomic E-state index is 11.8. The monoisotopic (exact) mass is 310 g/mol. The molecule has 1 aliphatic rings. The number of Topliss-reactive ketones (excluding diaryl/α,β-unsaturated/α-hetero) is 2. The van der Waals surface area contributed by atoms with Crippen LogP contribution in [0.4, 0.5) is 0 Å². The summed E-state index contributed by atoms with van der Waals surface area (Å²) in [6, 6.07) is 0. The molecule has 22 heavy (non-hydrogen) atoms. The molecule has 0 saturated heterocycles. The number of hydrogen-bond donors (Lipinski definition) is 0. The Labute approximate surface area is 129 Å². The van der Waals surface area contributed by atoms with Gasteiger partial charge >= 0.3 is 11.9 Å². The Balaban J connectivity index is 2.37. The zero-order chi connectivity index (χ0) is 16.5. The van der Waals surface area contributed by atoms with E-state index in [1.165, 1.54) is 7.11 Å². The van der Waals surface area contributed by atoms with Crippen molar-refractivity contribution in [2.24, 2.45) is 5.92 Å². The Morgan fingerprint density at radius 2 is 1.86 bits per heavy atom. The highest BCUT2D eigenvalue weighted by Gasteiger charge is 2.32. The normalized spacial score (nSPS) is 15.2. The quantitative estimate of drug-likeness (QED) is 0.279. The van der Waals surface area contributed by atoms with Gasteiger partial charge in [0.2, 0.25) is 0 Å². The molecule has 0 amide bonds. The molecule has 0 heterocycles. The van der Waals surface area contributed by atoms with Crippen molar-refractivity contribution >= 4 is 23.5 Å². The van der Waals surface area contributed by atoms with Gasteiger partial charge < -0.3 is 9.47 Å². The third-order valence-corrected chi connectivity index (χ3v) is 3.75. The zero-order valence-electron chi connectivity index (χ0n) is 13.1. The summed E-state index contributed by atoms with van der Waals surface area (Å²) in [5.41, 5.74) is 0.884. The zero-order valence-corrected chi connectivity index (χ0v) is 13.1. The molecule has 0 fully saturated rings. The fraction of sp³-hybridized carbons (Fsp3) is 0.625. The van der Waals surface area contributed by atoms with E-state index in [1.807, 2.05) is 6.08 Å². The smallest absolute Gasteiger partial charge is 0.375 e. The highest BCUT2D eigenvalue weighted by Crippen LogP contribution is 2.21. The number of ether oxygens (including phenoxy) is 2. The van der Waals surface area contributed by atoms with E-state index >= 15 is 0 Å². The van der Waals surface area contributed by atoms with E-state index in [1.54, 1.807) is 0 Å². The van der Waals surface area contributed by atoms with Crippen LogP contribution in [0, 0.1) is 5.92 Å². The van der Waals surface area contributed by atoms with Crippen molar-refractivity contribution in [2.75, 3.05) is 14.2 Å². The predicted molar refractivity (Wildman–Crippen MR) is 77.9 cm³/mol. The Morgan fingerprint density at radius 1 is 1.14 bits per heavy atom. The Kier molecular flexibility index (Phi) is 7.49. The van der Waals surface area contributed by atoms with Crippen molar-refractivity contribution in [3.63, 3.8) is 0 Å². The van der Waals surface area contributed by atoms with Crippen LogP contribution in [0.3, 0.4) is 0 Å². The second kappa shape index (κ2) is 9.12. The molecule has 1 rings (SSSR count). The SMILES string of the molecule is COC(=O)C(=O)C(CCCCCC1=CCCC1=O)C(=O)OC. The van der Waals surface area contributed by atoms with E-state index in [0.717, 1.165) is 38.4 Å². The number of hydrogen-bond acceptors (Lipinski definition) is 6. The molecular weight excluding hydrogens is 288 g/mol. The number of carbonyl (C=O) groups excluding carboxylic acids is 4. The molecule has 6 nitrogen and oxygen atoms in total. The molecule has 0 N–H and O–H groups in total. The summed E-state index contributed by atoms with van der Waals surface area (Å²) in [6.07, 6.45) is 6.56. The first-order chi connectivity index (χ1) is 10.5. The van der Waals surface area contributed by atoms with Gasteiger partial charge in [-0.1, -0.05) is 18.9 Å². The summed E-state index contributed by atoms with van der Waals surface area (Å²) in [6.45, 7) is 0. The first-order valence-corrected chi connectivity index (χ1v) is 7.43. The lowest BCUT2D eigenvalue weighted by atomic mass is 9.95. The van der Waals surface area contributed by atoms with Crippen molar-refractivity contribution in [1.82, 2.24) is 0 Å². The van der Waals surface area contributed by atoms with Gasteiger partial charge in [-0.3, -0.25) is 14.4 Å². The summed E-state index contributed by atoms with van der Waals surface area (Å²) in [7, 11) is 2.28. The third kappa shape index (κ3) is 5.09. The van der Waals surface area contributed by atoms with Crippen LogP contribution >= 0.6 is 0 Å². The van der Waals surface area contributed by atoms with Crippen LogP contribution in [0.2, 0.25) is 0 Å². The van der Waals surface area contributed by atoms with Crippen LogP contribution in [-0.4, -0.2) is 37.7 Å². The van der Waals surface area contributed by atoms with Gasteiger partial charge in [0.1, 0.15) is 5.92 Å². The topological polar surface area (TPSA) is 86.7 Å². The third-order valence-electron chi connectivity index (χ3n) is 3.75. The molecule has 0 aromatic heterocycles. The second-order valence-electron chi connectivity index (χ2n) is 5.22. The molecule has 0 aromatic rings. The van der Waals surface area contributed by atoms with Gasteiger partial charge in [-0.25, -0.2) is 4.79 Å². The van der Waals surface area contributed by atoms with Crippen LogP contribution in [0.15, 0.2) is 11.6 Å². The first-order valence-electron chi connectivity index (χ1n) is 7.43. The van der Waals surface area contributed by atoms with Gasteiger partial charge in [-0.2, -0.15) is 0 Å². The summed E-state index contributed by atoms with van der Waals surface area (Å²) in [5, 5.41) is 0. The molecule has 0 saturated carbocycles. The number of unbranched alkanes of at least 4 members (excludes halogenated alkanes) is 2. The van der Waals surface area contributed by atoms with E-state index in [0.29, 0.717) is 12.8 Å². The van der Waals surface area contributed by atoms with Gasteiger partial charge in [-0.15, -0.1) is 0 Å². The van der Waals surface area contributed by atoms with E-state index in [9.17, 15) is 19.2 Å². The number of carbonyl (C=O) groups is 4. The standard InChI is InChI=1S/C16H22O6/c1-21-15(19)12(14(18)16(20)22-2)9-5-3-4-7-11-8-6-10-13(11)17/h8,12H,3-7,9-10H2,1-2H3. The molecule has 122 valence electrons. The van der Waals surface area contributed by atoms with E-state index in [4.69, 9.17) is 0 Å². The molecule has 0 bridgehead atoms. The lowest BCUT2D eigenvalue weighted by molar-refractivity contribution is -0.160. The minimum Gasteiger partial charge on any atom is -0.468 e. The summed E-state index contributed by atoms with van der Waals surface area (Å²) in [4.78, 5) is 46.0. The summed E-state index contributed by atoms with van der Waals surface area (Å²) >= 11 is 0. The molecule has 1 aliphatic carbocycles. The molecule has 6 heteroatoms. The van der Waals surface area contributed by atoms with Gasteiger partial charge in [0, 0.05) is 6.42 Å². The predicted octanol–water partition coefficient (Wildman–Crippen LogP) is 1.76. The first kappa shape index (κ1) is 18.1. The van der Waals surface area contributed by atoms with Gasteiger partial charge in [-0.05, 0) is 31.3 Å². The molecule has 1 atom stereocenters. The fourth-order valence-electron chi connectivity index (χ4n) is 2.48. The van der Waals surface area contributed by atoms with Gasteiger partial charge in [0.25, 0.3) is 5.78 Å². The maximum absolute atomic E-state index is 11.8. The largest absolute Gasteiger partial charge is 0.468 e. The van der Waals surface area contributed by atoms with Crippen molar-refractivity contribution in [2.45, 2.75) is 44.9 Å². The number of allylic oxidation sites excluding steroid dienone is 2. The Hall–Kier alpha value is -1.98. The second-order valence-corrected chi connectivity index (χ2v) is 5.22. The summed E-state index contributed by atoms with van der Waals surface area (Å²) < 4.78 is 8.91. The van der Waals surface area contributed by atoms with Crippen LogP contribution in [0.5, 0.6) is 0 Å². The highest BCUT2D eigenvalue weighted by atomic mass is 16.5. The lowest BCUT2D eigenvalue weighted by Gasteiger charge is -2.12. The molecule has 1 unspecified atom stereocenters. The fourth-order valence-corrected chi connectivity index (χ4v) is 2.48. The molecule has 0 aliphatic heterocycles. The van der Waals surface area contributed by atoms with Gasteiger partial charge in [0.15, 0.2) is 5.78 Å². The summed E-state index contributed by atoms with van der Waals surface area (Å²) in [5.74, 6) is -3.51. The minimum absolute atomic E-state index is 0.216. The average Bonchev–Trinajstić information content (AvgIpc) is 2.93. The van der Waals surface area contributed by atoms with E-state index in [2.05, 4.69) is 9.47 Å². The molecule has 0 aromatic carbocycles. The average molecular weight is 310 g/mol. The lowest BCUT2D eigenvalue weighted by Crippen LogP contribution is -2.31. The highest BCUT2D eigenvalue weighted by molar-refractivity contribution is 6.37. The van der Waals surface area contributed by atoms with Crippen LogP contribution in [-0.2, 0) is 28.7 Å². The Bertz CT molecular complexity index is 477. The van der Waals surface area contributed by atoms with Crippen molar-refractivity contribution in [1.29, 1.82) is 0 Å². The van der Waals surface area contributed by atoms with E-state index in [-0.39, 0.29) is 12.2 Å². The van der Waals surface area contributed by atoms with Crippen LogP contribution in [0.25, 0.3) is 0 Å². The number of ketones is 2. The molecular formula is C16H22O6. The van der Waals surface area contributed by atoms with Crippen LogP contribution < -0.4 is 0 Å². The molecule has 0 spiro atoms.